The maximum Gasteiger partial charge on any atom is 0.406 e. The molecule has 2 N–H and O–H groups in total. The molecular formula is C11H14ClNO3. The maximum absolute atomic E-state index is 10.8. The summed E-state index contributed by atoms with van der Waals surface area (Å²) in [5, 5.41) is 12.5. The van der Waals surface area contributed by atoms with Crippen LogP contribution in [0.1, 0.15) is 5.56 Å². The number of hydrogen-bond donors (Lipinski definition) is 2. The molecule has 0 aliphatic carbocycles. The van der Waals surface area contributed by atoms with Gasteiger partial charge in [-0.2, -0.15) is 0 Å². The first-order valence-electron chi connectivity index (χ1n) is 4.89. The summed E-state index contributed by atoms with van der Waals surface area (Å²) in [6.07, 6.45) is -0.952. The predicted octanol–water partition coefficient (Wildman–Crippen LogP) is 1.60. The average Bonchev–Trinajstić information content (AvgIpc) is 2.29. The van der Waals surface area contributed by atoms with Gasteiger partial charge in [0.1, 0.15) is 6.61 Å². The van der Waals surface area contributed by atoms with E-state index < -0.39 is 12.2 Å². The average molecular weight is 244 g/mol. The van der Waals surface area contributed by atoms with Crippen LogP contribution in [0.2, 0.25) is 5.02 Å². The van der Waals surface area contributed by atoms with E-state index in [9.17, 15) is 9.90 Å². The van der Waals surface area contributed by atoms with Crippen molar-refractivity contribution in [3.63, 3.8) is 0 Å². The predicted molar refractivity (Wildman–Crippen MR) is 61.6 cm³/mol. The number of amides is 1. The lowest BCUT2D eigenvalue weighted by atomic mass is 10.1. The van der Waals surface area contributed by atoms with Gasteiger partial charge in [0.2, 0.25) is 0 Å². The maximum atomic E-state index is 10.8. The molecule has 0 spiro atoms. The number of benzene rings is 1. The second-order valence-corrected chi connectivity index (χ2v) is 3.71. The Morgan fingerprint density at radius 3 is 2.88 bits per heavy atom. The number of ether oxygens (including phenoxy) is 1. The van der Waals surface area contributed by atoms with E-state index >= 15 is 0 Å². The van der Waals surface area contributed by atoms with Gasteiger partial charge in [-0.3, -0.25) is 0 Å². The molecule has 0 fully saturated rings. The molecule has 0 heterocycles. The minimum absolute atomic E-state index is 0.0507. The van der Waals surface area contributed by atoms with Crippen LogP contribution < -0.4 is 5.32 Å². The van der Waals surface area contributed by atoms with Crippen molar-refractivity contribution in [1.29, 1.82) is 0 Å². The third-order valence-electron chi connectivity index (χ3n) is 2.02. The highest BCUT2D eigenvalue weighted by Crippen LogP contribution is 2.16. The largest absolute Gasteiger partial charge is 0.447 e. The quantitative estimate of drug-likeness (QED) is 0.845. The number of carbonyl (C=O) groups excluding carboxylic acids is 1. The van der Waals surface area contributed by atoms with Crippen LogP contribution in [0.3, 0.4) is 0 Å². The van der Waals surface area contributed by atoms with Gasteiger partial charge in [-0.1, -0.05) is 29.8 Å². The number of nitrogens with one attached hydrogen (secondary N) is 1. The van der Waals surface area contributed by atoms with Gasteiger partial charge in [0.15, 0.2) is 0 Å². The summed E-state index contributed by atoms with van der Waals surface area (Å²) >= 11 is 5.93. The molecule has 0 aliphatic heterocycles. The molecule has 16 heavy (non-hydrogen) atoms. The summed E-state index contributed by atoms with van der Waals surface area (Å²) in [5.41, 5.74) is 0.831. The van der Waals surface area contributed by atoms with Crippen LogP contribution in [0, 0.1) is 0 Å². The molecule has 88 valence electrons. The van der Waals surface area contributed by atoms with Crippen LogP contribution in [0.25, 0.3) is 0 Å². The standard InChI is InChI=1S/C11H14ClNO3/c1-13-11(15)16-7-9(14)6-8-4-2-3-5-10(8)12/h2-5,9,14H,6-7H2,1H3,(H,13,15)/t9-/m0/s1. The molecule has 0 bridgehead atoms. The number of halogens is 1. The molecule has 5 heteroatoms. The van der Waals surface area contributed by atoms with Crippen LogP contribution in [0.5, 0.6) is 0 Å². The smallest absolute Gasteiger partial charge is 0.406 e. The molecular weight excluding hydrogens is 230 g/mol. The van der Waals surface area contributed by atoms with Crippen molar-refractivity contribution in [3.8, 4) is 0 Å². The van der Waals surface area contributed by atoms with E-state index in [1.165, 1.54) is 7.05 Å². The van der Waals surface area contributed by atoms with E-state index in [-0.39, 0.29) is 6.61 Å². The van der Waals surface area contributed by atoms with E-state index in [1.807, 2.05) is 18.2 Å². The highest BCUT2D eigenvalue weighted by atomic mass is 35.5. The van der Waals surface area contributed by atoms with Crippen LogP contribution in [-0.4, -0.2) is 31.0 Å². The van der Waals surface area contributed by atoms with Gasteiger partial charge in [0.25, 0.3) is 0 Å². The van der Waals surface area contributed by atoms with Crippen LogP contribution in [-0.2, 0) is 11.2 Å². The molecule has 1 aromatic carbocycles. The van der Waals surface area contributed by atoms with Crippen molar-refractivity contribution in [2.24, 2.45) is 0 Å². The highest BCUT2D eigenvalue weighted by Gasteiger charge is 2.10. The minimum atomic E-state index is -0.753. The van der Waals surface area contributed by atoms with Gasteiger partial charge in [0.05, 0.1) is 6.10 Å². The van der Waals surface area contributed by atoms with E-state index in [0.717, 1.165) is 5.56 Å². The number of hydrogen-bond acceptors (Lipinski definition) is 3. The Labute approximate surface area is 99.2 Å². The van der Waals surface area contributed by atoms with Gasteiger partial charge in [-0.05, 0) is 11.6 Å². The van der Waals surface area contributed by atoms with Gasteiger partial charge in [0, 0.05) is 18.5 Å². The van der Waals surface area contributed by atoms with Gasteiger partial charge < -0.3 is 15.2 Å². The van der Waals surface area contributed by atoms with E-state index in [0.29, 0.717) is 11.4 Å². The zero-order chi connectivity index (χ0) is 12.0. The zero-order valence-corrected chi connectivity index (χ0v) is 9.70. The molecule has 4 nitrogen and oxygen atoms in total. The van der Waals surface area contributed by atoms with Crippen molar-refractivity contribution < 1.29 is 14.6 Å². The van der Waals surface area contributed by atoms with Crippen molar-refractivity contribution >= 4 is 17.7 Å². The SMILES string of the molecule is CNC(=O)OC[C@@H](O)Cc1ccccc1Cl. The molecule has 0 saturated heterocycles. The summed E-state index contributed by atoms with van der Waals surface area (Å²) < 4.78 is 4.72. The number of rotatable bonds is 4. The second-order valence-electron chi connectivity index (χ2n) is 3.30. The molecule has 1 rings (SSSR count). The Balaban J connectivity index is 2.43. The number of alkyl carbamates (subject to hydrolysis) is 1. The normalized spacial score (nSPS) is 11.9. The highest BCUT2D eigenvalue weighted by molar-refractivity contribution is 6.31. The van der Waals surface area contributed by atoms with Crippen LogP contribution in [0.4, 0.5) is 4.79 Å². The van der Waals surface area contributed by atoms with Crippen molar-refractivity contribution in [2.75, 3.05) is 13.7 Å². The topological polar surface area (TPSA) is 58.6 Å². The first-order valence-corrected chi connectivity index (χ1v) is 5.27. The molecule has 1 amide bonds. The lowest BCUT2D eigenvalue weighted by Crippen LogP contribution is -2.26. The van der Waals surface area contributed by atoms with Crippen LogP contribution in [0.15, 0.2) is 24.3 Å². The molecule has 1 atom stereocenters. The fourth-order valence-corrected chi connectivity index (χ4v) is 1.43. The molecule has 0 aromatic heterocycles. The summed E-state index contributed by atoms with van der Waals surface area (Å²) in [6.45, 7) is -0.0507. The molecule has 0 aliphatic rings. The molecule has 1 aromatic rings. The van der Waals surface area contributed by atoms with Gasteiger partial charge in [-0.25, -0.2) is 4.79 Å². The zero-order valence-electron chi connectivity index (χ0n) is 8.94. The lowest BCUT2D eigenvalue weighted by Gasteiger charge is -2.11. The summed E-state index contributed by atoms with van der Waals surface area (Å²) in [4.78, 5) is 10.8. The Hall–Kier alpha value is -1.26. The van der Waals surface area contributed by atoms with Gasteiger partial charge >= 0.3 is 6.09 Å². The van der Waals surface area contributed by atoms with Crippen molar-refractivity contribution in [2.45, 2.75) is 12.5 Å². The van der Waals surface area contributed by atoms with Crippen molar-refractivity contribution in [3.05, 3.63) is 34.9 Å². The van der Waals surface area contributed by atoms with E-state index in [4.69, 9.17) is 16.3 Å². The third kappa shape index (κ3) is 4.08. The summed E-state index contributed by atoms with van der Waals surface area (Å²) in [6, 6.07) is 7.24. The molecule has 0 radical (unpaired) electrons. The first-order chi connectivity index (χ1) is 7.63. The minimum Gasteiger partial charge on any atom is -0.447 e. The fourth-order valence-electron chi connectivity index (χ4n) is 1.22. The third-order valence-corrected chi connectivity index (χ3v) is 2.39. The summed E-state index contributed by atoms with van der Waals surface area (Å²) in [7, 11) is 1.46. The van der Waals surface area contributed by atoms with Crippen LogP contribution >= 0.6 is 11.6 Å². The first kappa shape index (κ1) is 12.8. The number of aliphatic hydroxyl groups excluding tert-OH is 1. The fraction of sp³-hybridized carbons (Fsp3) is 0.364. The van der Waals surface area contributed by atoms with Gasteiger partial charge in [-0.15, -0.1) is 0 Å². The summed E-state index contributed by atoms with van der Waals surface area (Å²) in [5.74, 6) is 0. The van der Waals surface area contributed by atoms with E-state index in [2.05, 4.69) is 5.32 Å². The van der Waals surface area contributed by atoms with Crippen molar-refractivity contribution in [1.82, 2.24) is 5.32 Å². The number of aliphatic hydroxyl groups is 1. The van der Waals surface area contributed by atoms with E-state index in [1.54, 1.807) is 6.07 Å². The Bertz CT molecular complexity index is 357. The monoisotopic (exact) mass is 243 g/mol. The Morgan fingerprint density at radius 2 is 2.25 bits per heavy atom. The Morgan fingerprint density at radius 1 is 1.56 bits per heavy atom. The lowest BCUT2D eigenvalue weighted by molar-refractivity contribution is 0.0695. The second kappa shape index (κ2) is 6.35. The Kier molecular flexibility index (Phi) is 5.08. The number of carbonyl (C=O) groups is 1. The molecule has 0 unspecified atom stereocenters. The molecule has 0 saturated carbocycles.